The van der Waals surface area contributed by atoms with Crippen LogP contribution in [-0.2, 0) is 16.6 Å². The molecule has 1 atom stereocenters. The first kappa shape index (κ1) is 17.3. The molecule has 2 aromatic carbocycles. The highest BCUT2D eigenvalue weighted by Crippen LogP contribution is 2.25. The molecule has 0 aromatic heterocycles. The standard InChI is InChI=1S/C15H11NO7S/c17-14(18)9-5-6-10(12(7-9)16(21)22)8-24(23)13-4-2-1-3-11(13)15(19)20/h1-7H,8H2,(H,17,18)(H,19,20). The summed E-state index contributed by atoms with van der Waals surface area (Å²) in [5, 5.41) is 29.1. The van der Waals surface area contributed by atoms with Crippen LogP contribution in [0.15, 0.2) is 47.4 Å². The van der Waals surface area contributed by atoms with E-state index in [-0.39, 0.29) is 27.3 Å². The largest absolute Gasteiger partial charge is 0.478 e. The maximum absolute atomic E-state index is 12.4. The van der Waals surface area contributed by atoms with Crippen LogP contribution in [0.4, 0.5) is 5.69 Å². The number of rotatable bonds is 6. The van der Waals surface area contributed by atoms with E-state index in [1.165, 1.54) is 36.4 Å². The van der Waals surface area contributed by atoms with E-state index in [0.717, 1.165) is 6.07 Å². The molecule has 0 aliphatic rings. The predicted octanol–water partition coefficient (Wildman–Crippen LogP) is 2.30. The van der Waals surface area contributed by atoms with Crippen LogP contribution in [0.3, 0.4) is 0 Å². The fourth-order valence-corrected chi connectivity index (χ4v) is 3.36. The van der Waals surface area contributed by atoms with E-state index in [1.54, 1.807) is 0 Å². The third kappa shape index (κ3) is 3.63. The van der Waals surface area contributed by atoms with Crippen molar-refractivity contribution in [1.29, 1.82) is 0 Å². The smallest absolute Gasteiger partial charge is 0.336 e. The van der Waals surface area contributed by atoms with Gasteiger partial charge in [-0.05, 0) is 18.2 Å². The molecule has 8 nitrogen and oxygen atoms in total. The lowest BCUT2D eigenvalue weighted by atomic mass is 10.1. The molecule has 0 aliphatic carbocycles. The first-order valence-corrected chi connectivity index (χ1v) is 7.84. The number of nitro groups is 1. The predicted molar refractivity (Wildman–Crippen MR) is 83.6 cm³/mol. The molecular weight excluding hydrogens is 338 g/mol. The average molecular weight is 349 g/mol. The van der Waals surface area contributed by atoms with Crippen molar-refractivity contribution < 1.29 is 28.9 Å². The Bertz CT molecular complexity index is 863. The topological polar surface area (TPSA) is 135 Å². The van der Waals surface area contributed by atoms with E-state index in [0.29, 0.717) is 0 Å². The van der Waals surface area contributed by atoms with E-state index < -0.39 is 33.3 Å². The highest BCUT2D eigenvalue weighted by molar-refractivity contribution is 7.84. The summed E-state index contributed by atoms with van der Waals surface area (Å²) in [4.78, 5) is 32.5. The molecule has 0 amide bonds. The lowest BCUT2D eigenvalue weighted by molar-refractivity contribution is -0.385. The minimum atomic E-state index is -1.84. The molecule has 0 saturated carbocycles. The van der Waals surface area contributed by atoms with Crippen molar-refractivity contribution in [3.63, 3.8) is 0 Å². The molecule has 0 heterocycles. The Morgan fingerprint density at radius 1 is 1.08 bits per heavy atom. The van der Waals surface area contributed by atoms with Crippen LogP contribution in [-0.4, -0.2) is 31.3 Å². The lowest BCUT2D eigenvalue weighted by Gasteiger charge is -2.07. The van der Waals surface area contributed by atoms with Crippen LogP contribution in [0.5, 0.6) is 0 Å². The van der Waals surface area contributed by atoms with Crippen LogP contribution >= 0.6 is 0 Å². The molecule has 2 rings (SSSR count). The van der Waals surface area contributed by atoms with E-state index in [9.17, 15) is 23.9 Å². The van der Waals surface area contributed by atoms with Crippen molar-refractivity contribution in [2.75, 3.05) is 0 Å². The van der Waals surface area contributed by atoms with Gasteiger partial charge >= 0.3 is 11.9 Å². The van der Waals surface area contributed by atoms with Gasteiger partial charge in [-0.1, -0.05) is 18.2 Å². The van der Waals surface area contributed by atoms with Gasteiger partial charge in [-0.15, -0.1) is 0 Å². The fourth-order valence-electron chi connectivity index (χ4n) is 2.05. The molecule has 1 unspecified atom stereocenters. The van der Waals surface area contributed by atoms with E-state index in [4.69, 9.17) is 10.2 Å². The Labute approximate surface area is 138 Å². The quantitative estimate of drug-likeness (QED) is 0.603. The first-order chi connectivity index (χ1) is 11.3. The second-order valence-corrected chi connectivity index (χ2v) is 6.12. The van der Waals surface area contributed by atoms with E-state index in [1.807, 2.05) is 0 Å². The van der Waals surface area contributed by atoms with Gasteiger partial charge in [0.25, 0.3) is 5.69 Å². The summed E-state index contributed by atoms with van der Waals surface area (Å²) < 4.78 is 12.4. The summed E-state index contributed by atoms with van der Waals surface area (Å²) in [5.41, 5.74) is -0.831. The maximum Gasteiger partial charge on any atom is 0.336 e. The Morgan fingerprint density at radius 3 is 2.33 bits per heavy atom. The molecule has 2 aromatic rings. The third-order valence-electron chi connectivity index (χ3n) is 3.18. The van der Waals surface area contributed by atoms with Crippen molar-refractivity contribution in [2.45, 2.75) is 10.6 Å². The number of carboxylic acid groups (broad SMARTS) is 2. The number of aromatic carboxylic acids is 2. The lowest BCUT2D eigenvalue weighted by Crippen LogP contribution is -2.07. The van der Waals surface area contributed by atoms with Gasteiger partial charge < -0.3 is 10.2 Å². The zero-order valence-electron chi connectivity index (χ0n) is 12.0. The van der Waals surface area contributed by atoms with Gasteiger partial charge in [0.15, 0.2) is 0 Å². The van der Waals surface area contributed by atoms with Crippen LogP contribution < -0.4 is 0 Å². The van der Waals surface area contributed by atoms with Crippen molar-refractivity contribution in [1.82, 2.24) is 0 Å². The highest BCUT2D eigenvalue weighted by Gasteiger charge is 2.21. The fraction of sp³-hybridized carbons (Fsp3) is 0.0667. The minimum absolute atomic E-state index is 0.0432. The number of carboxylic acids is 2. The SMILES string of the molecule is O=C(O)c1ccc(CS(=O)c2ccccc2C(=O)O)c([N+](=O)[O-])c1. The van der Waals surface area contributed by atoms with Crippen molar-refractivity contribution in [3.05, 3.63) is 69.3 Å². The Hall–Kier alpha value is -3.07. The van der Waals surface area contributed by atoms with Crippen molar-refractivity contribution >= 4 is 28.4 Å². The molecule has 0 bridgehead atoms. The number of hydrogen-bond acceptors (Lipinski definition) is 5. The van der Waals surface area contributed by atoms with Gasteiger partial charge in [0.1, 0.15) is 0 Å². The molecule has 0 fully saturated rings. The van der Waals surface area contributed by atoms with Crippen LogP contribution in [0, 0.1) is 10.1 Å². The van der Waals surface area contributed by atoms with Gasteiger partial charge in [0, 0.05) is 11.6 Å². The molecule has 124 valence electrons. The molecule has 0 spiro atoms. The van der Waals surface area contributed by atoms with Gasteiger partial charge in [-0.25, -0.2) is 9.59 Å². The zero-order chi connectivity index (χ0) is 17.9. The van der Waals surface area contributed by atoms with Gasteiger partial charge in [0.2, 0.25) is 0 Å². The number of hydrogen-bond donors (Lipinski definition) is 2. The normalized spacial score (nSPS) is 11.7. The van der Waals surface area contributed by atoms with Crippen LogP contribution in [0.2, 0.25) is 0 Å². The number of nitrogens with zero attached hydrogens (tertiary/aromatic N) is 1. The average Bonchev–Trinajstić information content (AvgIpc) is 2.54. The van der Waals surface area contributed by atoms with Gasteiger partial charge in [0.05, 0.1) is 37.5 Å². The van der Waals surface area contributed by atoms with Gasteiger partial charge in [-0.3, -0.25) is 14.3 Å². The Morgan fingerprint density at radius 2 is 1.75 bits per heavy atom. The summed E-state index contributed by atoms with van der Waals surface area (Å²) >= 11 is 0. The zero-order valence-corrected chi connectivity index (χ0v) is 12.9. The molecule has 0 aliphatic heterocycles. The molecule has 9 heteroatoms. The summed E-state index contributed by atoms with van der Waals surface area (Å²) in [6.45, 7) is 0. The first-order valence-electron chi connectivity index (χ1n) is 6.52. The van der Waals surface area contributed by atoms with Gasteiger partial charge in [-0.2, -0.15) is 0 Å². The van der Waals surface area contributed by atoms with E-state index >= 15 is 0 Å². The second kappa shape index (κ2) is 7.01. The minimum Gasteiger partial charge on any atom is -0.478 e. The summed E-state index contributed by atoms with van der Waals surface area (Å²) in [6, 6.07) is 8.93. The Balaban J connectivity index is 2.41. The monoisotopic (exact) mass is 349 g/mol. The highest BCUT2D eigenvalue weighted by atomic mass is 32.2. The maximum atomic E-state index is 12.4. The number of benzene rings is 2. The summed E-state index contributed by atoms with van der Waals surface area (Å²) in [6.07, 6.45) is 0. The van der Waals surface area contributed by atoms with Crippen LogP contribution in [0.1, 0.15) is 26.3 Å². The molecular formula is C15H11NO7S. The summed E-state index contributed by atoms with van der Waals surface area (Å²) in [7, 11) is -1.84. The number of carbonyl (C=O) groups is 2. The molecule has 24 heavy (non-hydrogen) atoms. The molecule has 2 N–H and O–H groups in total. The number of nitro benzene ring substituents is 1. The summed E-state index contributed by atoms with van der Waals surface area (Å²) in [5.74, 6) is -2.88. The van der Waals surface area contributed by atoms with Crippen molar-refractivity contribution in [2.24, 2.45) is 0 Å². The molecule has 0 saturated heterocycles. The van der Waals surface area contributed by atoms with Crippen molar-refractivity contribution in [3.8, 4) is 0 Å². The van der Waals surface area contributed by atoms with E-state index in [2.05, 4.69) is 0 Å². The van der Waals surface area contributed by atoms with Crippen LogP contribution in [0.25, 0.3) is 0 Å². The molecule has 0 radical (unpaired) electrons. The second-order valence-electron chi connectivity index (χ2n) is 4.70. The Kier molecular flexibility index (Phi) is 5.05. The third-order valence-corrected chi connectivity index (χ3v) is 4.60.